The van der Waals surface area contributed by atoms with Crippen LogP contribution in [0.3, 0.4) is 0 Å². The van der Waals surface area contributed by atoms with Crippen molar-refractivity contribution < 1.29 is 18.7 Å². The van der Waals surface area contributed by atoms with Gasteiger partial charge in [-0.1, -0.05) is 20.8 Å². The molecule has 176 valence electrons. The predicted octanol–water partition coefficient (Wildman–Crippen LogP) is 3.82. The van der Waals surface area contributed by atoms with Crippen LogP contribution >= 0.6 is 0 Å². The molecule has 3 rings (SSSR count). The van der Waals surface area contributed by atoms with Crippen LogP contribution in [0.15, 0.2) is 30.5 Å². The number of piperidine rings is 1. The summed E-state index contributed by atoms with van der Waals surface area (Å²) in [6, 6.07) is 7.35. The fourth-order valence-electron chi connectivity index (χ4n) is 3.56. The third kappa shape index (κ3) is 6.22. The molecule has 0 radical (unpaired) electrons. The SMILES string of the molecule is CC(C)(C)CCOC(=O)N1CC[C@@H](C#N)C(n2cc(C(N)=O)c(Nc3ccc(F)cc3)n2)C1. The third-order valence-corrected chi connectivity index (χ3v) is 5.53. The van der Waals surface area contributed by atoms with Gasteiger partial charge < -0.3 is 20.7 Å². The zero-order chi connectivity index (χ0) is 24.2. The summed E-state index contributed by atoms with van der Waals surface area (Å²) >= 11 is 0. The Morgan fingerprint density at radius 3 is 2.64 bits per heavy atom. The molecule has 0 aliphatic carbocycles. The van der Waals surface area contributed by atoms with Crippen LogP contribution in [0.5, 0.6) is 0 Å². The van der Waals surface area contributed by atoms with Crippen LogP contribution in [0.2, 0.25) is 0 Å². The number of benzene rings is 1. The summed E-state index contributed by atoms with van der Waals surface area (Å²) in [6.07, 6.45) is 2.21. The van der Waals surface area contributed by atoms with Crippen molar-refractivity contribution in [3.63, 3.8) is 0 Å². The average molecular weight is 457 g/mol. The maximum atomic E-state index is 13.2. The zero-order valence-corrected chi connectivity index (χ0v) is 19.0. The second-order valence-electron chi connectivity index (χ2n) is 9.33. The molecule has 1 fully saturated rings. The number of aromatic nitrogens is 2. The van der Waals surface area contributed by atoms with Crippen molar-refractivity contribution >= 4 is 23.5 Å². The van der Waals surface area contributed by atoms with Gasteiger partial charge in [0, 0.05) is 25.0 Å². The quantitative estimate of drug-likeness (QED) is 0.680. The summed E-state index contributed by atoms with van der Waals surface area (Å²) in [5.74, 6) is -1.32. The minimum absolute atomic E-state index is 0.0464. The number of likely N-dealkylation sites (tertiary alicyclic amines) is 1. The number of carbonyl (C=O) groups is 2. The van der Waals surface area contributed by atoms with Gasteiger partial charge in [-0.15, -0.1) is 0 Å². The molecule has 3 N–H and O–H groups in total. The Kier molecular flexibility index (Phi) is 7.21. The molecule has 2 amide bonds. The normalized spacial score (nSPS) is 18.5. The molecule has 1 aliphatic heterocycles. The van der Waals surface area contributed by atoms with Crippen LogP contribution < -0.4 is 11.1 Å². The Morgan fingerprint density at radius 1 is 1.33 bits per heavy atom. The van der Waals surface area contributed by atoms with Crippen LogP contribution in [-0.4, -0.2) is 46.4 Å². The molecule has 0 bridgehead atoms. The van der Waals surface area contributed by atoms with Crippen molar-refractivity contribution in [2.45, 2.75) is 39.7 Å². The van der Waals surface area contributed by atoms with Crippen LogP contribution in [0.4, 0.5) is 20.7 Å². The van der Waals surface area contributed by atoms with Crippen molar-refractivity contribution in [1.82, 2.24) is 14.7 Å². The Hall–Kier alpha value is -3.61. The van der Waals surface area contributed by atoms with E-state index in [1.165, 1.54) is 35.1 Å². The van der Waals surface area contributed by atoms with Crippen LogP contribution in [-0.2, 0) is 4.74 Å². The van der Waals surface area contributed by atoms with E-state index in [0.717, 1.165) is 6.42 Å². The summed E-state index contributed by atoms with van der Waals surface area (Å²) in [4.78, 5) is 26.1. The Bertz CT molecular complexity index is 1040. The number of nitrogens with zero attached hydrogens (tertiary/aromatic N) is 4. The molecule has 0 spiro atoms. The van der Waals surface area contributed by atoms with Gasteiger partial charge in [-0.05, 0) is 42.5 Å². The highest BCUT2D eigenvalue weighted by molar-refractivity contribution is 5.98. The first-order valence-electron chi connectivity index (χ1n) is 10.8. The fourth-order valence-corrected chi connectivity index (χ4v) is 3.56. The van der Waals surface area contributed by atoms with Gasteiger partial charge in [0.2, 0.25) is 0 Å². The number of nitrogens with two attached hydrogens (primary N) is 1. The van der Waals surface area contributed by atoms with E-state index in [4.69, 9.17) is 10.5 Å². The topological polar surface area (TPSA) is 126 Å². The smallest absolute Gasteiger partial charge is 0.409 e. The van der Waals surface area contributed by atoms with Crippen molar-refractivity contribution in [2.24, 2.45) is 17.1 Å². The van der Waals surface area contributed by atoms with Gasteiger partial charge in [0.1, 0.15) is 11.4 Å². The first-order valence-corrected chi connectivity index (χ1v) is 10.8. The summed E-state index contributed by atoms with van der Waals surface area (Å²) in [7, 11) is 0. The minimum Gasteiger partial charge on any atom is -0.449 e. The number of hydrogen-bond acceptors (Lipinski definition) is 6. The van der Waals surface area contributed by atoms with E-state index < -0.39 is 29.8 Å². The lowest BCUT2D eigenvalue weighted by Crippen LogP contribution is -2.45. The van der Waals surface area contributed by atoms with E-state index in [9.17, 15) is 19.2 Å². The van der Waals surface area contributed by atoms with Gasteiger partial charge in [-0.25, -0.2) is 9.18 Å². The van der Waals surface area contributed by atoms with Crippen molar-refractivity contribution in [3.05, 3.63) is 41.8 Å². The van der Waals surface area contributed by atoms with Crippen LogP contribution in [0, 0.1) is 28.5 Å². The number of rotatable bonds is 6. The van der Waals surface area contributed by atoms with Gasteiger partial charge in [0.05, 0.1) is 24.6 Å². The molecule has 9 nitrogen and oxygen atoms in total. The van der Waals surface area contributed by atoms with E-state index in [1.807, 2.05) is 0 Å². The number of primary amides is 1. The van der Waals surface area contributed by atoms with Crippen molar-refractivity contribution in [1.29, 1.82) is 5.26 Å². The van der Waals surface area contributed by atoms with Gasteiger partial charge in [-0.3, -0.25) is 9.48 Å². The molecule has 2 heterocycles. The molecule has 1 aliphatic rings. The highest BCUT2D eigenvalue weighted by Crippen LogP contribution is 2.30. The molecule has 10 heteroatoms. The Balaban J connectivity index is 1.78. The number of amides is 2. The van der Waals surface area contributed by atoms with E-state index in [1.54, 1.807) is 4.90 Å². The highest BCUT2D eigenvalue weighted by atomic mass is 19.1. The number of hydrogen-bond donors (Lipinski definition) is 2. The number of nitrogens with one attached hydrogen (secondary N) is 1. The number of nitriles is 1. The molecular formula is C23H29FN6O3. The molecule has 1 saturated heterocycles. The maximum absolute atomic E-state index is 13.2. The largest absolute Gasteiger partial charge is 0.449 e. The van der Waals surface area contributed by atoms with Gasteiger partial charge in [0.15, 0.2) is 5.82 Å². The van der Waals surface area contributed by atoms with Gasteiger partial charge in [-0.2, -0.15) is 10.4 Å². The van der Waals surface area contributed by atoms with Crippen molar-refractivity contribution in [3.8, 4) is 6.07 Å². The van der Waals surface area contributed by atoms with E-state index in [0.29, 0.717) is 25.3 Å². The van der Waals surface area contributed by atoms with E-state index in [-0.39, 0.29) is 23.3 Å². The summed E-state index contributed by atoms with van der Waals surface area (Å²) in [5.41, 5.74) is 6.22. The van der Waals surface area contributed by atoms with Crippen LogP contribution in [0.1, 0.15) is 50.0 Å². The second kappa shape index (κ2) is 9.90. The lowest BCUT2D eigenvalue weighted by Gasteiger charge is -2.35. The minimum atomic E-state index is -0.700. The molecule has 2 atom stereocenters. The van der Waals surface area contributed by atoms with Crippen molar-refractivity contribution in [2.75, 3.05) is 25.0 Å². The zero-order valence-electron chi connectivity index (χ0n) is 19.0. The standard InChI is InChI=1S/C23H29FN6O3/c1-23(2,3)9-11-33-22(32)29-10-8-15(12-25)19(14-29)30-13-18(20(26)31)21(28-30)27-17-6-4-16(24)5-7-17/h4-7,13,15,19H,8-11,14H2,1-3H3,(H2,26,31)(H,27,28)/t15-,19?/m0/s1. The Labute approximate surface area is 192 Å². The number of ether oxygens (including phenoxy) is 1. The summed E-state index contributed by atoms with van der Waals surface area (Å²) in [6.45, 7) is 7.13. The third-order valence-electron chi connectivity index (χ3n) is 5.53. The molecule has 1 unspecified atom stereocenters. The van der Waals surface area contributed by atoms with Gasteiger partial charge in [0.25, 0.3) is 5.91 Å². The second-order valence-corrected chi connectivity index (χ2v) is 9.33. The monoisotopic (exact) mass is 456 g/mol. The summed E-state index contributed by atoms with van der Waals surface area (Å²) in [5, 5.41) is 17.1. The maximum Gasteiger partial charge on any atom is 0.409 e. The molecule has 0 saturated carbocycles. The number of anilines is 2. The average Bonchev–Trinajstić information content (AvgIpc) is 3.18. The van der Waals surface area contributed by atoms with Crippen LogP contribution in [0.25, 0.3) is 0 Å². The van der Waals surface area contributed by atoms with E-state index in [2.05, 4.69) is 37.3 Å². The number of halogens is 1. The molecule has 33 heavy (non-hydrogen) atoms. The predicted molar refractivity (Wildman–Crippen MR) is 120 cm³/mol. The Morgan fingerprint density at radius 2 is 2.03 bits per heavy atom. The lowest BCUT2D eigenvalue weighted by molar-refractivity contribution is 0.0692. The van der Waals surface area contributed by atoms with E-state index >= 15 is 0 Å². The highest BCUT2D eigenvalue weighted by Gasteiger charge is 2.35. The molecular weight excluding hydrogens is 427 g/mol. The molecule has 1 aromatic heterocycles. The van der Waals surface area contributed by atoms with Gasteiger partial charge >= 0.3 is 6.09 Å². The fraction of sp³-hybridized carbons (Fsp3) is 0.478. The lowest BCUT2D eigenvalue weighted by atomic mass is 9.93. The summed E-state index contributed by atoms with van der Waals surface area (Å²) < 4.78 is 20.1. The first kappa shape index (κ1) is 24.0. The molecule has 2 aromatic rings. The number of carbonyl (C=O) groups excluding carboxylic acids is 2. The molecule has 1 aromatic carbocycles. The first-order chi connectivity index (χ1) is 15.6.